The first-order valence-corrected chi connectivity index (χ1v) is 15.1. The fourth-order valence-corrected chi connectivity index (χ4v) is 6.39. The van der Waals surface area contributed by atoms with Gasteiger partial charge in [-0.15, -0.1) is 11.3 Å². The molecule has 1 fully saturated rings. The second-order valence-electron chi connectivity index (χ2n) is 8.65. The molecule has 13 heteroatoms. The molecule has 4 rings (SSSR count). The molecule has 0 bridgehead atoms. The van der Waals surface area contributed by atoms with Gasteiger partial charge in [-0.05, 0) is 62.9 Å². The lowest BCUT2D eigenvalue weighted by molar-refractivity contribution is -0.115. The second kappa shape index (κ2) is 11.3. The van der Waals surface area contributed by atoms with Crippen LogP contribution >= 0.6 is 46.1 Å². The highest BCUT2D eigenvalue weighted by Gasteiger charge is 2.52. The summed E-state index contributed by atoms with van der Waals surface area (Å²) in [7, 11) is -3.33. The number of allylic oxidation sites excluding steroid dienone is 3. The third-order valence-corrected chi connectivity index (χ3v) is 9.81. The van der Waals surface area contributed by atoms with E-state index in [2.05, 4.69) is 27.2 Å². The van der Waals surface area contributed by atoms with E-state index in [0.717, 1.165) is 17.7 Å². The number of nitrogens with zero attached hydrogens (tertiary/aromatic N) is 3. The van der Waals surface area contributed by atoms with Gasteiger partial charge in [-0.2, -0.15) is 4.98 Å². The number of thiophene rings is 1. The fourth-order valence-electron chi connectivity index (χ4n) is 3.84. The van der Waals surface area contributed by atoms with Crippen LogP contribution in [0.4, 0.5) is 5.69 Å². The molecule has 0 atom stereocenters. The molecule has 0 spiro atoms. The molecule has 200 valence electrons. The Balaban J connectivity index is 1.51. The summed E-state index contributed by atoms with van der Waals surface area (Å²) in [4.78, 5) is 22.0. The molecule has 2 aromatic heterocycles. The number of aromatic nitrogens is 2. The first-order valence-electron chi connectivity index (χ1n) is 11.5. The van der Waals surface area contributed by atoms with Crippen LogP contribution < -0.4 is 5.32 Å². The standard InChI is InChI=1S/C25H23Cl3N4O4S2/c1-4-38(34,35)14(2)5-6-15(29-3)13-21(33)30-16-11-17(26)22(18(27)12-16)25(9-10-25)24-31-23(36-32-24)19-7-8-20(28)37-19/h5-8,11-12H,3-4,9-10,13H2,1-2H3,(H,30,33)/b14-5+,15-6-. The second-order valence-corrected chi connectivity index (χ2v) is 13.6. The lowest BCUT2D eigenvalue weighted by Gasteiger charge is -2.17. The van der Waals surface area contributed by atoms with Crippen molar-refractivity contribution >= 4 is 74.3 Å². The molecule has 2 heterocycles. The van der Waals surface area contributed by atoms with Crippen LogP contribution in [0.5, 0.6) is 0 Å². The number of hydrogen-bond donors (Lipinski definition) is 1. The Morgan fingerprint density at radius 1 is 1.24 bits per heavy atom. The summed E-state index contributed by atoms with van der Waals surface area (Å²) in [5, 5.41) is 7.65. The number of amides is 1. The molecule has 1 aromatic carbocycles. The Kier molecular flexibility index (Phi) is 8.49. The zero-order valence-corrected chi connectivity index (χ0v) is 24.3. The molecule has 1 aliphatic carbocycles. The Hall–Kier alpha value is -2.50. The Labute approximate surface area is 239 Å². The number of carbonyl (C=O) groups is 1. The van der Waals surface area contributed by atoms with Crippen LogP contribution in [0, 0.1) is 0 Å². The van der Waals surface area contributed by atoms with Gasteiger partial charge in [0.1, 0.15) is 0 Å². The van der Waals surface area contributed by atoms with Gasteiger partial charge in [0.05, 0.1) is 26.8 Å². The number of carbonyl (C=O) groups excluding carboxylic acids is 1. The quantitative estimate of drug-likeness (QED) is 0.193. The fraction of sp³-hybridized carbons (Fsp3) is 0.280. The topological polar surface area (TPSA) is 115 Å². The van der Waals surface area contributed by atoms with Gasteiger partial charge in [0.25, 0.3) is 5.89 Å². The zero-order chi connectivity index (χ0) is 27.7. The molecular formula is C25H23Cl3N4O4S2. The van der Waals surface area contributed by atoms with Gasteiger partial charge >= 0.3 is 0 Å². The highest BCUT2D eigenvalue weighted by Crippen LogP contribution is 2.57. The number of nitrogens with one attached hydrogen (secondary N) is 1. The van der Waals surface area contributed by atoms with Gasteiger partial charge in [0.15, 0.2) is 15.7 Å². The van der Waals surface area contributed by atoms with Crippen LogP contribution in [0.1, 0.15) is 44.5 Å². The maximum Gasteiger partial charge on any atom is 0.268 e. The van der Waals surface area contributed by atoms with E-state index in [1.165, 1.54) is 30.4 Å². The van der Waals surface area contributed by atoms with E-state index in [0.29, 0.717) is 43.0 Å². The van der Waals surface area contributed by atoms with Gasteiger partial charge in [-0.1, -0.05) is 46.9 Å². The maximum absolute atomic E-state index is 12.7. The summed E-state index contributed by atoms with van der Waals surface area (Å²) in [6.07, 6.45) is 4.21. The monoisotopic (exact) mass is 612 g/mol. The first-order chi connectivity index (χ1) is 18.0. The molecule has 1 amide bonds. The van der Waals surface area contributed by atoms with Crippen molar-refractivity contribution in [3.8, 4) is 10.8 Å². The van der Waals surface area contributed by atoms with Crippen molar-refractivity contribution in [2.45, 2.75) is 38.5 Å². The number of aliphatic imine (C=N–C) groups is 1. The molecule has 3 aromatic rings. The minimum Gasteiger partial charge on any atom is -0.333 e. The van der Waals surface area contributed by atoms with E-state index < -0.39 is 21.2 Å². The molecule has 0 radical (unpaired) electrons. The molecule has 1 saturated carbocycles. The summed E-state index contributed by atoms with van der Waals surface area (Å²) in [6, 6.07) is 6.80. The molecule has 8 nitrogen and oxygen atoms in total. The summed E-state index contributed by atoms with van der Waals surface area (Å²) in [5.74, 6) is 0.442. The maximum atomic E-state index is 12.7. The smallest absolute Gasteiger partial charge is 0.268 e. The van der Waals surface area contributed by atoms with Gasteiger partial charge < -0.3 is 9.84 Å². The van der Waals surface area contributed by atoms with Crippen molar-refractivity contribution in [1.29, 1.82) is 0 Å². The molecule has 1 N–H and O–H groups in total. The van der Waals surface area contributed by atoms with Crippen LogP contribution in [-0.4, -0.2) is 36.9 Å². The number of hydrogen-bond acceptors (Lipinski definition) is 8. The predicted molar refractivity (Wildman–Crippen MR) is 153 cm³/mol. The first kappa shape index (κ1) is 28.5. The number of anilines is 1. The third kappa shape index (κ3) is 6.05. The van der Waals surface area contributed by atoms with Crippen molar-refractivity contribution < 1.29 is 17.7 Å². The van der Waals surface area contributed by atoms with E-state index in [1.807, 2.05) is 6.07 Å². The minimum absolute atomic E-state index is 0.0172. The Morgan fingerprint density at radius 3 is 2.47 bits per heavy atom. The van der Waals surface area contributed by atoms with Crippen LogP contribution in [-0.2, 0) is 20.0 Å². The molecule has 38 heavy (non-hydrogen) atoms. The van der Waals surface area contributed by atoms with E-state index in [4.69, 9.17) is 39.3 Å². The Morgan fingerprint density at radius 2 is 1.92 bits per heavy atom. The minimum atomic E-state index is -3.33. The SMILES string of the molecule is C=N/C(=C\C=C(/C)S(=O)(=O)CC)CC(=O)Nc1cc(Cl)c(C2(c3noc(-c4ccc(Cl)s4)n3)CC2)c(Cl)c1. The normalized spacial score (nSPS) is 15.4. The molecule has 1 aliphatic rings. The highest BCUT2D eigenvalue weighted by atomic mass is 35.5. The zero-order valence-electron chi connectivity index (χ0n) is 20.4. The number of benzene rings is 1. The summed E-state index contributed by atoms with van der Waals surface area (Å²) in [5.41, 5.74) is 0.793. The van der Waals surface area contributed by atoms with E-state index >= 15 is 0 Å². The summed E-state index contributed by atoms with van der Waals surface area (Å²) in [6.45, 7) is 6.51. The molecule has 0 unspecified atom stereocenters. The van der Waals surface area contributed by atoms with Crippen molar-refractivity contribution in [2.24, 2.45) is 4.99 Å². The lowest BCUT2D eigenvalue weighted by atomic mass is 9.94. The predicted octanol–water partition coefficient (Wildman–Crippen LogP) is 7.09. The molecule has 0 aliphatic heterocycles. The number of sulfone groups is 1. The van der Waals surface area contributed by atoms with Gasteiger partial charge in [0.2, 0.25) is 5.91 Å². The van der Waals surface area contributed by atoms with Crippen LogP contribution in [0.15, 0.2) is 56.5 Å². The van der Waals surface area contributed by atoms with Crippen LogP contribution in [0.2, 0.25) is 14.4 Å². The van der Waals surface area contributed by atoms with Crippen LogP contribution in [0.25, 0.3) is 10.8 Å². The highest BCUT2D eigenvalue weighted by molar-refractivity contribution is 7.95. The van der Waals surface area contributed by atoms with E-state index in [-0.39, 0.29) is 17.1 Å². The average molecular weight is 614 g/mol. The number of halogens is 3. The van der Waals surface area contributed by atoms with Gasteiger partial charge in [0, 0.05) is 31.9 Å². The van der Waals surface area contributed by atoms with E-state index in [9.17, 15) is 13.2 Å². The van der Waals surface area contributed by atoms with Crippen molar-refractivity contribution in [3.05, 3.63) is 72.8 Å². The van der Waals surface area contributed by atoms with Crippen molar-refractivity contribution in [3.63, 3.8) is 0 Å². The Bertz CT molecular complexity index is 1550. The number of rotatable bonds is 10. The average Bonchev–Trinajstić information content (AvgIpc) is 3.27. The van der Waals surface area contributed by atoms with Crippen LogP contribution in [0.3, 0.4) is 0 Å². The van der Waals surface area contributed by atoms with Crippen molar-refractivity contribution in [1.82, 2.24) is 10.1 Å². The molecule has 0 saturated heterocycles. The third-order valence-electron chi connectivity index (χ3n) is 6.12. The summed E-state index contributed by atoms with van der Waals surface area (Å²) < 4.78 is 29.9. The summed E-state index contributed by atoms with van der Waals surface area (Å²) >= 11 is 20.7. The lowest BCUT2D eigenvalue weighted by Crippen LogP contribution is -2.15. The van der Waals surface area contributed by atoms with Gasteiger partial charge in [-0.25, -0.2) is 8.42 Å². The van der Waals surface area contributed by atoms with E-state index in [1.54, 1.807) is 25.1 Å². The molecular weight excluding hydrogens is 591 g/mol. The van der Waals surface area contributed by atoms with Crippen molar-refractivity contribution in [2.75, 3.05) is 11.1 Å². The largest absolute Gasteiger partial charge is 0.333 e. The van der Waals surface area contributed by atoms with Gasteiger partial charge in [-0.3, -0.25) is 9.79 Å².